The summed E-state index contributed by atoms with van der Waals surface area (Å²) < 4.78 is 40.3. The lowest BCUT2D eigenvalue weighted by Crippen LogP contribution is -2.31. The number of benzene rings is 4. The molecule has 8 rings (SSSR count). The molecule has 3 N–H and O–H groups in total. The summed E-state index contributed by atoms with van der Waals surface area (Å²) in [6, 6.07) is 31.9. The second kappa shape index (κ2) is 21.1. The molecule has 69 heavy (non-hydrogen) atoms. The van der Waals surface area contributed by atoms with E-state index in [2.05, 4.69) is 74.2 Å². The van der Waals surface area contributed by atoms with Gasteiger partial charge in [0.2, 0.25) is 0 Å². The number of primary amides is 1. The first-order valence-electron chi connectivity index (χ1n) is 22.9. The highest BCUT2D eigenvalue weighted by Gasteiger charge is 2.32. The van der Waals surface area contributed by atoms with Crippen LogP contribution in [0.1, 0.15) is 61.5 Å². The van der Waals surface area contributed by atoms with Crippen LogP contribution in [0.5, 0.6) is 0 Å². The largest absolute Gasteiger partial charge is 0.416 e. The van der Waals surface area contributed by atoms with E-state index >= 15 is 0 Å². The number of aryl methyl sites for hydroxylation is 1. The standard InChI is InChI=1S/C53H54ClF3N10O2/c1-35-10-17-43(52(69)61-41-16-20-46(60-32-41)66-24-6-23-65(26-28-66)34-39-30-40(53(55,56)57)15-19-44(39)54)49(48(35)37-13-11-36(31-58)12-14-37)42-18-21-47(62-50(42)51(59)68)67-25-7-22-64(27-29-67)33-38-8-4-5-9-45(38)63(2)3/h4-5,8-21,30,32H,6-7,22-29,33-34H2,1-3H3,(H2,59,68)(H,61,69). The monoisotopic (exact) mass is 954 g/mol. The van der Waals surface area contributed by atoms with Crippen molar-refractivity contribution in [2.45, 2.75) is 39.0 Å². The summed E-state index contributed by atoms with van der Waals surface area (Å²) in [5.74, 6) is 0.120. The fourth-order valence-electron chi connectivity index (χ4n) is 9.27. The molecule has 356 valence electrons. The van der Waals surface area contributed by atoms with Crippen molar-refractivity contribution in [2.75, 3.05) is 86.5 Å². The second-order valence-corrected chi connectivity index (χ2v) is 18.1. The maximum Gasteiger partial charge on any atom is 0.416 e. The Morgan fingerprint density at radius 2 is 1.45 bits per heavy atom. The van der Waals surface area contributed by atoms with Crippen molar-refractivity contribution in [1.82, 2.24) is 19.8 Å². The number of para-hydroxylation sites is 1. The van der Waals surface area contributed by atoms with Crippen LogP contribution in [0.2, 0.25) is 5.02 Å². The van der Waals surface area contributed by atoms with Crippen LogP contribution in [0.15, 0.2) is 109 Å². The summed E-state index contributed by atoms with van der Waals surface area (Å²) in [6.07, 6.45) is -1.23. The molecule has 0 aliphatic carbocycles. The molecular weight excluding hydrogens is 901 g/mol. The molecule has 0 spiro atoms. The molecule has 0 radical (unpaired) electrons. The molecule has 12 nitrogen and oxygen atoms in total. The van der Waals surface area contributed by atoms with Crippen LogP contribution >= 0.6 is 11.6 Å². The van der Waals surface area contributed by atoms with E-state index in [0.29, 0.717) is 82.9 Å². The van der Waals surface area contributed by atoms with Gasteiger partial charge in [-0.25, -0.2) is 9.97 Å². The van der Waals surface area contributed by atoms with Gasteiger partial charge in [0, 0.05) is 107 Å². The zero-order chi connectivity index (χ0) is 48.8. The van der Waals surface area contributed by atoms with Crippen molar-refractivity contribution < 1.29 is 22.8 Å². The number of aromatic nitrogens is 2. The topological polar surface area (TPSA) is 138 Å². The van der Waals surface area contributed by atoms with Gasteiger partial charge in [0.05, 0.1) is 29.1 Å². The molecule has 0 unspecified atom stereocenters. The first-order chi connectivity index (χ1) is 33.2. The molecule has 16 heteroatoms. The lowest BCUT2D eigenvalue weighted by atomic mass is 9.86. The summed E-state index contributed by atoms with van der Waals surface area (Å²) in [7, 11) is 4.10. The Kier molecular flexibility index (Phi) is 14.8. The van der Waals surface area contributed by atoms with Gasteiger partial charge in [-0.1, -0.05) is 48.0 Å². The molecule has 0 bridgehead atoms. The highest BCUT2D eigenvalue weighted by Crippen LogP contribution is 2.40. The predicted molar refractivity (Wildman–Crippen MR) is 267 cm³/mol. The Bertz CT molecular complexity index is 2870. The third-order valence-corrected chi connectivity index (χ3v) is 13.2. The fraction of sp³-hybridized carbons (Fsp3) is 0.302. The zero-order valence-electron chi connectivity index (χ0n) is 38.9. The maximum absolute atomic E-state index is 14.6. The highest BCUT2D eigenvalue weighted by atomic mass is 35.5. The third kappa shape index (κ3) is 11.3. The minimum absolute atomic E-state index is 0.0306. The van der Waals surface area contributed by atoms with Crippen molar-refractivity contribution in [3.05, 3.63) is 153 Å². The molecule has 2 aromatic heterocycles. The van der Waals surface area contributed by atoms with E-state index in [9.17, 15) is 28.0 Å². The number of alkyl halides is 3. The van der Waals surface area contributed by atoms with Crippen molar-refractivity contribution in [1.29, 1.82) is 5.26 Å². The minimum atomic E-state index is -4.46. The first kappa shape index (κ1) is 48.5. The number of anilines is 4. The number of hydrogen-bond donors (Lipinski definition) is 2. The van der Waals surface area contributed by atoms with Crippen LogP contribution in [0, 0.1) is 18.3 Å². The zero-order valence-corrected chi connectivity index (χ0v) is 39.6. The van der Waals surface area contributed by atoms with Gasteiger partial charge in [0.1, 0.15) is 17.3 Å². The number of hydrogen-bond acceptors (Lipinski definition) is 10. The van der Waals surface area contributed by atoms with E-state index in [1.165, 1.54) is 17.3 Å². The SMILES string of the molecule is Cc1ccc(C(=O)Nc2ccc(N3CCCN(Cc4cc(C(F)(F)F)ccc4Cl)CC3)nc2)c(-c2ccc(N3CCCN(Cc4ccccc4N(C)C)CC3)nc2C(N)=O)c1-c1ccc(C#N)cc1. The van der Waals surface area contributed by atoms with E-state index in [1.54, 1.807) is 30.5 Å². The van der Waals surface area contributed by atoms with E-state index in [1.807, 2.05) is 43.3 Å². The molecular formula is C53H54ClF3N10O2. The van der Waals surface area contributed by atoms with E-state index in [0.717, 1.165) is 62.3 Å². The number of nitrogens with one attached hydrogen (secondary N) is 1. The minimum Gasteiger partial charge on any atom is -0.377 e. The van der Waals surface area contributed by atoms with E-state index in [-0.39, 0.29) is 17.8 Å². The number of amides is 2. The number of carbonyl (C=O) groups is 2. The fourth-order valence-corrected chi connectivity index (χ4v) is 9.45. The van der Waals surface area contributed by atoms with Crippen molar-refractivity contribution >= 4 is 46.4 Å². The average molecular weight is 956 g/mol. The summed E-state index contributed by atoms with van der Waals surface area (Å²) in [5.41, 5.74) is 12.6. The number of carbonyl (C=O) groups excluding carboxylic acids is 2. The Balaban J connectivity index is 1.04. The van der Waals surface area contributed by atoms with Gasteiger partial charge in [0.15, 0.2) is 0 Å². The average Bonchev–Trinajstić information content (AvgIpc) is 3.73. The van der Waals surface area contributed by atoms with Gasteiger partial charge in [-0.05, 0) is 114 Å². The van der Waals surface area contributed by atoms with Gasteiger partial charge < -0.3 is 25.8 Å². The number of nitrogens with two attached hydrogens (primary N) is 1. The summed E-state index contributed by atoms with van der Waals surface area (Å²) in [5, 5.41) is 12.9. The number of rotatable bonds is 12. The summed E-state index contributed by atoms with van der Waals surface area (Å²) >= 11 is 6.32. The Labute approximate surface area is 405 Å². The van der Waals surface area contributed by atoms with Gasteiger partial charge in [-0.15, -0.1) is 0 Å². The Morgan fingerprint density at radius 1 is 0.783 bits per heavy atom. The summed E-state index contributed by atoms with van der Waals surface area (Å²) in [6.45, 7) is 8.62. The normalized spacial score (nSPS) is 15.0. The Hall–Kier alpha value is -6.99. The number of pyridine rings is 2. The quantitative estimate of drug-likeness (QED) is 0.122. The van der Waals surface area contributed by atoms with Gasteiger partial charge in [0.25, 0.3) is 11.8 Å². The number of halogens is 4. The van der Waals surface area contributed by atoms with Crippen molar-refractivity contribution in [3.8, 4) is 28.3 Å². The number of nitrogens with zero attached hydrogens (tertiary/aromatic N) is 8. The molecule has 2 amide bonds. The first-order valence-corrected chi connectivity index (χ1v) is 23.3. The van der Waals surface area contributed by atoms with Gasteiger partial charge >= 0.3 is 6.18 Å². The van der Waals surface area contributed by atoms with Crippen LogP contribution in [-0.4, -0.2) is 98.0 Å². The third-order valence-electron chi connectivity index (χ3n) is 12.8. The van der Waals surface area contributed by atoms with Crippen LogP contribution in [0.3, 0.4) is 0 Å². The number of nitriles is 1. The predicted octanol–water partition coefficient (Wildman–Crippen LogP) is 9.50. The molecule has 0 saturated carbocycles. The van der Waals surface area contributed by atoms with Crippen molar-refractivity contribution in [2.24, 2.45) is 5.73 Å². The highest BCUT2D eigenvalue weighted by molar-refractivity contribution is 6.31. The molecule has 2 fully saturated rings. The van der Waals surface area contributed by atoms with Gasteiger partial charge in [-0.2, -0.15) is 18.4 Å². The van der Waals surface area contributed by atoms with Crippen LogP contribution in [-0.2, 0) is 19.3 Å². The molecule has 4 aromatic carbocycles. The van der Waals surface area contributed by atoms with Crippen LogP contribution in [0.4, 0.5) is 36.2 Å². The molecule has 2 saturated heterocycles. The summed E-state index contributed by atoms with van der Waals surface area (Å²) in [4.78, 5) is 48.6. The van der Waals surface area contributed by atoms with Crippen LogP contribution in [0.25, 0.3) is 22.3 Å². The van der Waals surface area contributed by atoms with Gasteiger partial charge in [-0.3, -0.25) is 19.4 Å². The maximum atomic E-state index is 14.6. The molecule has 6 aromatic rings. The van der Waals surface area contributed by atoms with E-state index < -0.39 is 23.6 Å². The molecule has 2 aliphatic rings. The molecule has 4 heterocycles. The smallest absolute Gasteiger partial charge is 0.377 e. The van der Waals surface area contributed by atoms with E-state index in [4.69, 9.17) is 27.3 Å². The van der Waals surface area contributed by atoms with Crippen molar-refractivity contribution in [3.63, 3.8) is 0 Å². The lowest BCUT2D eigenvalue weighted by molar-refractivity contribution is -0.137. The second-order valence-electron chi connectivity index (χ2n) is 17.7. The molecule has 0 atom stereocenters. The molecule has 2 aliphatic heterocycles. The Morgan fingerprint density at radius 3 is 2.09 bits per heavy atom. The lowest BCUT2D eigenvalue weighted by Gasteiger charge is -2.25. The van der Waals surface area contributed by atoms with Crippen LogP contribution < -0.4 is 25.8 Å².